The van der Waals surface area contributed by atoms with Crippen LogP contribution in [0.5, 0.6) is 0 Å². The van der Waals surface area contributed by atoms with Crippen LogP contribution in [0.15, 0.2) is 89.8 Å². The molecule has 29 heavy (non-hydrogen) atoms. The number of carbonyl (C=O) groups is 1. The lowest BCUT2D eigenvalue weighted by molar-refractivity contribution is -0.364. The zero-order chi connectivity index (χ0) is 20.6. The minimum Gasteiger partial charge on any atom is -0.478 e. The molecule has 0 atom stereocenters. The summed E-state index contributed by atoms with van der Waals surface area (Å²) in [6.45, 7) is 0. The number of hydrogen-bond donors (Lipinski definition) is 3. The molecule has 0 aliphatic rings. The number of anilines is 1. The summed E-state index contributed by atoms with van der Waals surface area (Å²) < 4.78 is 2.09. The Kier molecular flexibility index (Phi) is 6.71. The highest BCUT2D eigenvalue weighted by Gasteiger charge is 2.09. The van der Waals surface area contributed by atoms with Crippen LogP contribution in [0.3, 0.4) is 0 Å². The Labute approximate surface area is 173 Å². The first kappa shape index (κ1) is 20.2. The van der Waals surface area contributed by atoms with Gasteiger partial charge in [-0.05, 0) is 60.0 Å². The largest absolute Gasteiger partial charge is 0.478 e. The van der Waals surface area contributed by atoms with Crippen LogP contribution in [0.2, 0.25) is 0 Å². The molecule has 3 aromatic carbocycles. The van der Waals surface area contributed by atoms with Gasteiger partial charge in [-0.2, -0.15) is 4.99 Å². The minimum atomic E-state index is -0.998. The van der Waals surface area contributed by atoms with Crippen LogP contribution < -0.4 is 9.30 Å². The molecule has 0 radical (unpaired) electrons. The highest BCUT2D eigenvalue weighted by Crippen LogP contribution is 2.27. The number of carboxylic acid groups (broad SMARTS) is 1. The summed E-state index contributed by atoms with van der Waals surface area (Å²) in [5.74, 6) is -0.970. The van der Waals surface area contributed by atoms with Gasteiger partial charge in [0.25, 0.3) is 0 Å². The Bertz CT molecular complexity index is 1010. The second-order valence-corrected chi connectivity index (χ2v) is 7.42. The van der Waals surface area contributed by atoms with Gasteiger partial charge in [-0.25, -0.2) is 4.79 Å². The fraction of sp³-hybridized carbons (Fsp3) is 0.0435. The smallest absolute Gasteiger partial charge is 0.371 e. The summed E-state index contributed by atoms with van der Waals surface area (Å²) in [4.78, 5) is 14.6. The number of aliphatic carboxylic acids is 1. The fourth-order valence-electron chi connectivity index (χ4n) is 2.58. The third kappa shape index (κ3) is 5.99. The van der Waals surface area contributed by atoms with Gasteiger partial charge in [-0.15, -0.1) is 0 Å². The Morgan fingerprint density at radius 1 is 0.931 bits per heavy atom. The molecule has 0 spiro atoms. The van der Waals surface area contributed by atoms with Gasteiger partial charge < -0.3 is 14.5 Å². The van der Waals surface area contributed by atoms with Crippen molar-refractivity contribution in [1.29, 1.82) is 0 Å². The van der Waals surface area contributed by atoms with Crippen LogP contribution in [0, 0.1) is 0 Å². The van der Waals surface area contributed by atoms with Crippen molar-refractivity contribution >= 4 is 41.3 Å². The second kappa shape index (κ2) is 9.61. The lowest BCUT2D eigenvalue weighted by Gasteiger charge is -2.17. The molecule has 0 heterocycles. The molecular weight excluding hydrogens is 384 g/mol. The van der Waals surface area contributed by atoms with Crippen LogP contribution in [0.1, 0.15) is 11.1 Å². The zero-order valence-corrected chi connectivity index (χ0v) is 16.6. The van der Waals surface area contributed by atoms with E-state index in [9.17, 15) is 9.90 Å². The number of nitrogens with zero attached hydrogens (tertiary/aromatic N) is 1. The molecule has 0 aliphatic carbocycles. The van der Waals surface area contributed by atoms with Crippen molar-refractivity contribution in [3.63, 3.8) is 0 Å². The van der Waals surface area contributed by atoms with Crippen molar-refractivity contribution < 1.29 is 20.0 Å². The molecule has 3 N–H and O–H groups in total. The second-order valence-electron chi connectivity index (χ2n) is 6.22. The molecule has 6 heteroatoms. The summed E-state index contributed by atoms with van der Waals surface area (Å²) in [5, 5.41) is 19.0. The average molecular weight is 405 g/mol. The summed E-state index contributed by atoms with van der Waals surface area (Å²) in [5.41, 5.74) is 3.24. The van der Waals surface area contributed by atoms with E-state index >= 15 is 0 Å². The summed E-state index contributed by atoms with van der Waals surface area (Å²) >= 11 is 1.62. The number of benzene rings is 3. The summed E-state index contributed by atoms with van der Waals surface area (Å²) in [7, 11) is 2.01. The molecule has 3 rings (SSSR count). The normalized spacial score (nSPS) is 11.6. The maximum Gasteiger partial charge on any atom is 0.371 e. The van der Waals surface area contributed by atoms with E-state index in [0.29, 0.717) is 5.56 Å². The summed E-state index contributed by atoms with van der Waals surface area (Å²) in [6.07, 6.45) is 2.57. The van der Waals surface area contributed by atoms with E-state index in [1.54, 1.807) is 36.2 Å². The lowest BCUT2D eigenvalue weighted by atomic mass is 10.1. The van der Waals surface area contributed by atoms with E-state index in [4.69, 9.17) is 5.11 Å². The Morgan fingerprint density at radius 2 is 1.59 bits per heavy atom. The van der Waals surface area contributed by atoms with E-state index in [1.807, 2.05) is 49.5 Å². The topological polar surface area (TPSA) is 74.7 Å². The molecular formula is C23H21N2O3S+. The maximum atomic E-state index is 10.6. The molecule has 0 amide bonds. The highest BCUT2D eigenvalue weighted by molar-refractivity contribution is 8.00. The molecule has 0 unspecified atom stereocenters. The van der Waals surface area contributed by atoms with E-state index in [1.165, 1.54) is 6.08 Å². The van der Waals surface area contributed by atoms with Gasteiger partial charge in [-0.1, -0.05) is 30.3 Å². The predicted octanol–water partition coefficient (Wildman–Crippen LogP) is 3.64. The molecule has 0 saturated heterocycles. The Balaban J connectivity index is 1.66. The van der Waals surface area contributed by atoms with Crippen molar-refractivity contribution in [2.45, 2.75) is 4.90 Å². The van der Waals surface area contributed by atoms with Crippen molar-refractivity contribution in [2.75, 3.05) is 11.4 Å². The first-order valence-corrected chi connectivity index (χ1v) is 9.70. The number of aliphatic hydroxyl groups is 1. The molecule has 3 aromatic rings. The van der Waals surface area contributed by atoms with Gasteiger partial charge in [0.2, 0.25) is 5.69 Å². The van der Waals surface area contributed by atoms with E-state index in [2.05, 4.69) is 21.4 Å². The number of aliphatic hydroxyl groups excluding tert-OH is 1. The van der Waals surface area contributed by atoms with Gasteiger partial charge in [0.1, 0.15) is 0 Å². The molecule has 5 nitrogen and oxygen atoms in total. The minimum absolute atomic E-state index is 0.0283. The Hall–Kier alpha value is -3.51. The van der Waals surface area contributed by atoms with Gasteiger partial charge in [-0.3, -0.25) is 0 Å². The molecule has 0 fully saturated rings. The summed E-state index contributed by atoms with van der Waals surface area (Å²) in [6, 6.07) is 24.8. The molecule has 0 saturated carbocycles. The lowest BCUT2D eigenvalue weighted by Crippen LogP contribution is -2.66. The Morgan fingerprint density at radius 3 is 2.21 bits per heavy atom. The van der Waals surface area contributed by atoms with E-state index in [-0.39, 0.29) is 5.90 Å². The van der Waals surface area contributed by atoms with Crippen molar-refractivity contribution in [1.82, 2.24) is 0 Å². The first-order valence-electron chi connectivity index (χ1n) is 8.92. The van der Waals surface area contributed by atoms with Gasteiger partial charge in [0.15, 0.2) is 0 Å². The monoisotopic (exact) mass is 405 g/mol. The van der Waals surface area contributed by atoms with E-state index in [0.717, 1.165) is 27.9 Å². The quantitative estimate of drug-likeness (QED) is 0.242. The molecule has 0 aromatic heterocycles. The standard InChI is InChI=1S/C23H20N2O3S/c1-25(20-5-3-2-4-6-20)29-21-14-12-19(13-15-21)24-23(28)18-10-7-17(8-11-18)9-16-22(26)27/h2-16H,1H3,(H,24,28)(H,26,27)/p+1/b16-9+. The van der Waals surface area contributed by atoms with Gasteiger partial charge >= 0.3 is 11.9 Å². The average Bonchev–Trinajstić information content (AvgIpc) is 2.74. The molecule has 0 bridgehead atoms. The van der Waals surface area contributed by atoms with Crippen molar-refractivity contribution in [3.8, 4) is 0 Å². The first-order chi connectivity index (χ1) is 14.0. The molecule has 146 valence electrons. The fourth-order valence-corrected chi connectivity index (χ4v) is 3.38. The van der Waals surface area contributed by atoms with Crippen molar-refractivity contribution in [3.05, 3.63) is 96.1 Å². The van der Waals surface area contributed by atoms with Crippen LogP contribution in [-0.2, 0) is 4.79 Å². The van der Waals surface area contributed by atoms with Crippen molar-refractivity contribution in [2.24, 2.45) is 0 Å². The predicted molar refractivity (Wildman–Crippen MR) is 118 cm³/mol. The van der Waals surface area contributed by atoms with E-state index < -0.39 is 5.97 Å². The number of carboxylic acids is 1. The number of hydrogen-bond acceptors (Lipinski definition) is 3. The van der Waals surface area contributed by atoms with Crippen LogP contribution in [0.4, 0.5) is 11.4 Å². The van der Waals surface area contributed by atoms with Gasteiger partial charge in [0, 0.05) is 35.8 Å². The third-order valence-electron chi connectivity index (χ3n) is 4.08. The van der Waals surface area contributed by atoms with Gasteiger partial charge in [0.05, 0.1) is 5.56 Å². The zero-order valence-electron chi connectivity index (χ0n) is 15.8. The third-order valence-corrected chi connectivity index (χ3v) is 5.05. The number of rotatable bonds is 7. The van der Waals surface area contributed by atoms with Crippen LogP contribution in [0.25, 0.3) is 6.08 Å². The van der Waals surface area contributed by atoms with Crippen LogP contribution in [-0.4, -0.2) is 29.1 Å². The molecule has 0 aliphatic heterocycles. The highest BCUT2D eigenvalue weighted by atomic mass is 32.2. The maximum absolute atomic E-state index is 10.6. The number of para-hydroxylation sites is 1. The van der Waals surface area contributed by atoms with Crippen LogP contribution >= 0.6 is 11.9 Å². The number of nitrogens with one attached hydrogen (secondary N) is 1. The SMILES string of the molecule is CN(Sc1ccc([NH+]=C(O)c2ccc(/C=C/C(=O)O)cc2)cc1)c1ccccc1.